The number of methoxy groups -OCH3 is 2. The molecule has 0 saturated carbocycles. The Morgan fingerprint density at radius 1 is 1.26 bits per heavy atom. The molecule has 1 aliphatic heterocycles. The maximum absolute atomic E-state index is 11.4. The fourth-order valence-electron chi connectivity index (χ4n) is 1.86. The lowest BCUT2D eigenvalue weighted by atomic mass is 9.93. The Hall–Kier alpha value is 0.0549. The molecule has 110 valence electrons. The zero-order valence-electron chi connectivity index (χ0n) is 11.4. The minimum Gasteiger partial charge on any atom is -0.382 e. The van der Waals surface area contributed by atoms with Crippen molar-refractivity contribution in [3.63, 3.8) is 0 Å². The monoisotopic (exact) mass is 294 g/mol. The van der Waals surface area contributed by atoms with Crippen LogP contribution in [0, 0.1) is 0 Å². The van der Waals surface area contributed by atoms with Crippen molar-refractivity contribution in [3.8, 4) is 0 Å². The fourth-order valence-corrected chi connectivity index (χ4v) is 2.57. The SMILES string of the molecule is [B][C@@H]1O[C@H](COC)[C@@H](OP(C)(=O)O)[C@H]1OCCOC. The molecule has 1 heterocycles. The molecule has 1 saturated heterocycles. The Morgan fingerprint density at radius 3 is 2.47 bits per heavy atom. The average molecular weight is 294 g/mol. The highest BCUT2D eigenvalue weighted by atomic mass is 31.2. The van der Waals surface area contributed by atoms with Crippen LogP contribution in [0.4, 0.5) is 0 Å². The van der Waals surface area contributed by atoms with E-state index < -0.39 is 31.9 Å². The Bertz CT molecular complexity index is 310. The molecule has 1 fully saturated rings. The van der Waals surface area contributed by atoms with Gasteiger partial charge in [0.25, 0.3) is 0 Å². The first-order chi connectivity index (χ1) is 8.89. The Balaban J connectivity index is 2.70. The van der Waals surface area contributed by atoms with Crippen LogP contribution in [-0.2, 0) is 28.0 Å². The van der Waals surface area contributed by atoms with Gasteiger partial charge in [-0.15, -0.1) is 0 Å². The summed E-state index contributed by atoms with van der Waals surface area (Å²) in [7, 11) is 5.16. The van der Waals surface area contributed by atoms with Crippen molar-refractivity contribution < 1.29 is 32.9 Å². The van der Waals surface area contributed by atoms with E-state index in [4.69, 9.17) is 31.3 Å². The van der Waals surface area contributed by atoms with Gasteiger partial charge in [0, 0.05) is 26.9 Å². The third-order valence-electron chi connectivity index (χ3n) is 2.59. The molecule has 5 atom stereocenters. The van der Waals surface area contributed by atoms with Crippen molar-refractivity contribution in [3.05, 3.63) is 0 Å². The minimum atomic E-state index is -3.68. The van der Waals surface area contributed by atoms with Crippen molar-refractivity contribution in [2.24, 2.45) is 0 Å². The summed E-state index contributed by atoms with van der Waals surface area (Å²) in [6, 6.07) is -0.742. The van der Waals surface area contributed by atoms with Crippen molar-refractivity contribution in [2.45, 2.75) is 24.3 Å². The molecule has 7 nitrogen and oxygen atoms in total. The predicted octanol–water partition coefficient (Wildman–Crippen LogP) is -0.242. The van der Waals surface area contributed by atoms with Crippen molar-refractivity contribution in [2.75, 3.05) is 40.7 Å². The van der Waals surface area contributed by atoms with Gasteiger partial charge in [-0.1, -0.05) is 0 Å². The molecule has 2 radical (unpaired) electrons. The van der Waals surface area contributed by atoms with Gasteiger partial charge in [-0.05, 0) is 0 Å². The zero-order chi connectivity index (χ0) is 14.5. The van der Waals surface area contributed by atoms with Crippen LogP contribution in [0.3, 0.4) is 0 Å². The van der Waals surface area contributed by atoms with Gasteiger partial charge >= 0.3 is 7.60 Å². The number of rotatable bonds is 8. The summed E-state index contributed by atoms with van der Waals surface area (Å²) < 4.78 is 37.3. The molecule has 1 aliphatic rings. The first-order valence-electron chi connectivity index (χ1n) is 5.88. The minimum absolute atomic E-state index is 0.197. The molecule has 0 spiro atoms. The topological polar surface area (TPSA) is 83.5 Å². The summed E-state index contributed by atoms with van der Waals surface area (Å²) in [6.07, 6.45) is -1.95. The van der Waals surface area contributed by atoms with Crippen molar-refractivity contribution in [1.29, 1.82) is 0 Å². The summed E-state index contributed by atoms with van der Waals surface area (Å²) in [5.41, 5.74) is 0. The normalized spacial score (nSPS) is 34.3. The van der Waals surface area contributed by atoms with Crippen LogP contribution in [-0.4, -0.2) is 77.8 Å². The number of hydrogen-bond donors (Lipinski definition) is 1. The van der Waals surface area contributed by atoms with Gasteiger partial charge in [-0.2, -0.15) is 0 Å². The average Bonchev–Trinajstić information content (AvgIpc) is 2.56. The standard InChI is InChI=1S/C10H20BO7P/c1-14-4-5-16-9-8(18-19(3,12)13)7(6-15-2)17-10(9)11/h7-10H,4-6H2,1-3H3,(H,12,13)/t7-,8-,9-,10-/m1/s1. The van der Waals surface area contributed by atoms with Gasteiger partial charge in [0.1, 0.15) is 26.2 Å². The van der Waals surface area contributed by atoms with E-state index in [0.29, 0.717) is 6.61 Å². The van der Waals surface area contributed by atoms with Crippen LogP contribution in [0.15, 0.2) is 0 Å². The largest absolute Gasteiger partial charge is 0.382 e. The smallest absolute Gasteiger partial charge is 0.325 e. The quantitative estimate of drug-likeness (QED) is 0.376. The predicted molar refractivity (Wildman–Crippen MR) is 68.5 cm³/mol. The Kier molecular flexibility index (Phi) is 6.97. The highest BCUT2D eigenvalue weighted by Crippen LogP contribution is 2.42. The van der Waals surface area contributed by atoms with Gasteiger partial charge in [-0.25, -0.2) is 0 Å². The summed E-state index contributed by atoms with van der Waals surface area (Å²) in [5, 5.41) is 0. The molecule has 0 aromatic heterocycles. The van der Waals surface area contributed by atoms with E-state index in [2.05, 4.69) is 0 Å². The first kappa shape index (κ1) is 17.1. The third kappa shape index (κ3) is 5.51. The number of hydrogen-bond acceptors (Lipinski definition) is 6. The summed E-state index contributed by atoms with van der Waals surface area (Å²) in [4.78, 5) is 9.36. The lowest BCUT2D eigenvalue weighted by molar-refractivity contribution is -0.0361. The van der Waals surface area contributed by atoms with Crippen LogP contribution in [0.25, 0.3) is 0 Å². The van der Waals surface area contributed by atoms with Gasteiger partial charge in [0.15, 0.2) is 0 Å². The van der Waals surface area contributed by atoms with E-state index >= 15 is 0 Å². The van der Waals surface area contributed by atoms with E-state index in [1.807, 2.05) is 0 Å². The molecule has 9 heteroatoms. The second kappa shape index (κ2) is 7.74. The van der Waals surface area contributed by atoms with Gasteiger partial charge in [0.2, 0.25) is 0 Å². The molecular weight excluding hydrogens is 274 g/mol. The molecule has 0 amide bonds. The van der Waals surface area contributed by atoms with Crippen molar-refractivity contribution >= 4 is 15.4 Å². The highest BCUT2D eigenvalue weighted by Gasteiger charge is 2.45. The molecule has 0 aliphatic carbocycles. The second-order valence-corrected chi connectivity index (χ2v) is 6.11. The van der Waals surface area contributed by atoms with E-state index in [-0.39, 0.29) is 13.2 Å². The Labute approximate surface area is 114 Å². The highest BCUT2D eigenvalue weighted by molar-refractivity contribution is 7.51. The van der Waals surface area contributed by atoms with Crippen LogP contribution in [0.2, 0.25) is 0 Å². The Morgan fingerprint density at radius 2 is 1.95 bits per heavy atom. The summed E-state index contributed by atoms with van der Waals surface area (Å²) in [6.45, 7) is 1.97. The molecule has 0 aromatic rings. The third-order valence-corrected chi connectivity index (χ3v) is 3.23. The van der Waals surface area contributed by atoms with E-state index in [9.17, 15) is 9.46 Å². The lowest BCUT2D eigenvalue weighted by Gasteiger charge is -2.25. The van der Waals surface area contributed by atoms with E-state index in [1.54, 1.807) is 7.11 Å². The van der Waals surface area contributed by atoms with Crippen LogP contribution >= 0.6 is 7.60 Å². The number of ether oxygens (including phenoxy) is 4. The van der Waals surface area contributed by atoms with Gasteiger partial charge < -0.3 is 23.8 Å². The molecule has 1 N–H and O–H groups in total. The molecule has 0 aromatic carbocycles. The van der Waals surface area contributed by atoms with Gasteiger partial charge in [0.05, 0.1) is 19.8 Å². The van der Waals surface area contributed by atoms with Crippen LogP contribution in [0.1, 0.15) is 0 Å². The van der Waals surface area contributed by atoms with Crippen LogP contribution < -0.4 is 0 Å². The maximum Gasteiger partial charge on any atom is 0.325 e. The van der Waals surface area contributed by atoms with Gasteiger partial charge in [-0.3, -0.25) is 9.09 Å². The van der Waals surface area contributed by atoms with Crippen molar-refractivity contribution in [1.82, 2.24) is 0 Å². The molecular formula is C10H20BO7P. The zero-order valence-corrected chi connectivity index (χ0v) is 12.2. The molecule has 1 rings (SSSR count). The fraction of sp³-hybridized carbons (Fsp3) is 1.00. The second-order valence-electron chi connectivity index (χ2n) is 4.30. The summed E-state index contributed by atoms with van der Waals surface area (Å²) in [5.74, 6) is 0. The molecule has 19 heavy (non-hydrogen) atoms. The maximum atomic E-state index is 11.4. The first-order valence-corrected chi connectivity index (χ1v) is 7.90. The van der Waals surface area contributed by atoms with Crippen LogP contribution in [0.5, 0.6) is 0 Å². The molecule has 1 unspecified atom stereocenters. The lowest BCUT2D eigenvalue weighted by Crippen LogP contribution is -2.39. The summed E-state index contributed by atoms with van der Waals surface area (Å²) >= 11 is 0. The van der Waals surface area contributed by atoms with E-state index in [1.165, 1.54) is 7.11 Å². The molecule has 0 bridgehead atoms. The van der Waals surface area contributed by atoms with E-state index in [0.717, 1.165) is 6.66 Å².